The molecule has 7 heteroatoms. The Kier molecular flexibility index (Phi) is 8.44. The Bertz CT molecular complexity index is 1470. The van der Waals surface area contributed by atoms with Crippen molar-refractivity contribution in [2.45, 2.75) is 12.5 Å². The summed E-state index contributed by atoms with van der Waals surface area (Å²) in [5.41, 5.74) is 7.33. The van der Waals surface area contributed by atoms with E-state index >= 15 is 0 Å². The number of fused-ring (bicyclic) bond motifs is 3. The summed E-state index contributed by atoms with van der Waals surface area (Å²) in [6, 6.07) is 29.2. The van der Waals surface area contributed by atoms with E-state index in [1.165, 1.54) is 27.8 Å². The number of rotatable bonds is 8. The monoisotopic (exact) mass is 609 g/mol. The molecular weight excluding hydrogens is 578 g/mol. The molecule has 0 N–H and O–H groups in total. The van der Waals surface area contributed by atoms with Crippen LogP contribution < -0.4 is 4.74 Å². The maximum absolute atomic E-state index is 12.9. The zero-order valence-corrected chi connectivity index (χ0v) is 24.4. The second-order valence-corrected chi connectivity index (χ2v) is 11.3. The van der Waals surface area contributed by atoms with Crippen molar-refractivity contribution in [2.24, 2.45) is 0 Å². The molecule has 1 aromatic heterocycles. The summed E-state index contributed by atoms with van der Waals surface area (Å²) in [5.74, 6) is 0.688. The number of nitrogens with zero attached hydrogens (tertiary/aromatic N) is 3. The molecule has 1 amide bonds. The van der Waals surface area contributed by atoms with Crippen LogP contribution in [0, 0.1) is 0 Å². The number of aromatic nitrogens is 1. The van der Waals surface area contributed by atoms with Crippen molar-refractivity contribution in [3.05, 3.63) is 124 Å². The quantitative estimate of drug-likeness (QED) is 0.215. The van der Waals surface area contributed by atoms with Crippen molar-refractivity contribution in [3.8, 4) is 17.0 Å². The van der Waals surface area contributed by atoms with Gasteiger partial charge in [-0.15, -0.1) is 0 Å². The van der Waals surface area contributed by atoms with Crippen LogP contribution in [0.2, 0.25) is 0 Å². The Morgan fingerprint density at radius 1 is 0.878 bits per heavy atom. The highest BCUT2D eigenvalue weighted by Gasteiger charge is 2.30. The fourth-order valence-corrected chi connectivity index (χ4v) is 5.77. The molecule has 0 saturated carbocycles. The van der Waals surface area contributed by atoms with E-state index in [4.69, 9.17) is 9.47 Å². The molecule has 1 saturated heterocycles. The third-order valence-electron chi connectivity index (χ3n) is 7.69. The average molecular weight is 611 g/mol. The highest BCUT2D eigenvalue weighted by Crippen LogP contribution is 2.44. The van der Waals surface area contributed by atoms with Gasteiger partial charge in [-0.1, -0.05) is 78.9 Å². The summed E-state index contributed by atoms with van der Waals surface area (Å²) < 4.78 is 12.4. The molecule has 4 aromatic rings. The highest BCUT2D eigenvalue weighted by molar-refractivity contribution is 9.10. The lowest BCUT2D eigenvalue weighted by molar-refractivity contribution is 0.0728. The molecule has 208 valence electrons. The van der Waals surface area contributed by atoms with Crippen LogP contribution in [0.4, 0.5) is 4.79 Å². The molecule has 0 unspecified atom stereocenters. The van der Waals surface area contributed by atoms with Crippen molar-refractivity contribution >= 4 is 28.1 Å². The first-order chi connectivity index (χ1) is 20.1. The van der Waals surface area contributed by atoms with Gasteiger partial charge < -0.3 is 14.4 Å². The smallest absolute Gasteiger partial charge is 0.409 e. The Morgan fingerprint density at radius 3 is 2.22 bits per heavy atom. The lowest BCUT2D eigenvalue weighted by atomic mass is 9.98. The predicted octanol–water partition coefficient (Wildman–Crippen LogP) is 7.00. The molecule has 1 aliphatic heterocycles. The Labute approximate surface area is 249 Å². The summed E-state index contributed by atoms with van der Waals surface area (Å²) in [5, 5.41) is 0. The van der Waals surface area contributed by atoms with E-state index in [-0.39, 0.29) is 12.0 Å². The first kappa shape index (κ1) is 27.2. The van der Waals surface area contributed by atoms with Gasteiger partial charge in [0.05, 0.1) is 0 Å². The lowest BCUT2D eigenvalue weighted by Gasteiger charge is -2.34. The van der Waals surface area contributed by atoms with Crippen LogP contribution in [-0.4, -0.2) is 60.3 Å². The van der Waals surface area contributed by atoms with Crippen LogP contribution in [0.3, 0.4) is 0 Å². The minimum atomic E-state index is -0.220. The van der Waals surface area contributed by atoms with E-state index in [1.54, 1.807) is 6.20 Å². The van der Waals surface area contributed by atoms with E-state index in [2.05, 4.69) is 105 Å². The van der Waals surface area contributed by atoms with Gasteiger partial charge in [-0.25, -0.2) is 9.78 Å². The molecule has 2 heterocycles. The number of hydrogen-bond acceptors (Lipinski definition) is 5. The molecular formula is C34H32BrN3O3. The zero-order valence-electron chi connectivity index (χ0n) is 22.8. The van der Waals surface area contributed by atoms with Crippen molar-refractivity contribution in [3.63, 3.8) is 0 Å². The number of carbonyl (C=O) groups is 1. The van der Waals surface area contributed by atoms with Crippen LogP contribution in [0.1, 0.15) is 28.2 Å². The van der Waals surface area contributed by atoms with Crippen LogP contribution >= 0.6 is 15.9 Å². The topological polar surface area (TPSA) is 54.9 Å². The lowest BCUT2D eigenvalue weighted by Crippen LogP contribution is -2.48. The first-order valence-electron chi connectivity index (χ1n) is 14.0. The fraction of sp³-hybridized carbons (Fsp3) is 0.235. The summed E-state index contributed by atoms with van der Waals surface area (Å²) in [6.45, 7) is 4.68. The molecule has 0 atom stereocenters. The van der Waals surface area contributed by atoms with Gasteiger partial charge in [0.2, 0.25) is 5.88 Å². The second kappa shape index (κ2) is 12.7. The second-order valence-electron chi connectivity index (χ2n) is 10.3. The van der Waals surface area contributed by atoms with Gasteiger partial charge in [0.15, 0.2) is 0 Å². The van der Waals surface area contributed by atoms with Crippen LogP contribution in [-0.2, 0) is 11.3 Å². The highest BCUT2D eigenvalue weighted by atomic mass is 79.9. The first-order valence-corrected chi connectivity index (χ1v) is 14.8. The molecule has 1 fully saturated rings. The largest absolute Gasteiger partial charge is 0.473 e. The standard InChI is InChI=1S/C34H32BrN3O3/c35-27-15-16-33(36-22-27)40-21-5-6-25-11-13-26(14-12-25)23-37-17-19-38(20-18-37)34(39)41-24-32-30-9-3-1-7-28(30)29-8-2-4-10-31(29)32/h1-16,22,32H,17-21,23-24H2/b6-5+. The number of benzene rings is 3. The number of pyridine rings is 1. The van der Waals surface area contributed by atoms with E-state index in [0.29, 0.717) is 32.2 Å². The van der Waals surface area contributed by atoms with Crippen molar-refractivity contribution < 1.29 is 14.3 Å². The minimum absolute atomic E-state index is 0.0847. The molecule has 3 aromatic carbocycles. The van der Waals surface area contributed by atoms with Gasteiger partial charge in [-0.2, -0.15) is 0 Å². The number of carbonyl (C=O) groups excluding carboxylic acids is 1. The SMILES string of the molecule is O=C(OCC1c2ccccc2-c2ccccc21)N1CCN(Cc2ccc(/C=C/COc3ccc(Br)cn3)cc2)CC1. The summed E-state index contributed by atoms with van der Waals surface area (Å²) in [7, 11) is 0. The molecule has 6 rings (SSSR count). The Balaban J connectivity index is 0.945. The Morgan fingerprint density at radius 2 is 1.56 bits per heavy atom. The normalized spacial score (nSPS) is 15.1. The summed E-state index contributed by atoms with van der Waals surface area (Å²) >= 11 is 3.37. The van der Waals surface area contributed by atoms with E-state index in [1.807, 2.05) is 23.1 Å². The van der Waals surface area contributed by atoms with Crippen LogP contribution in [0.5, 0.6) is 5.88 Å². The van der Waals surface area contributed by atoms with Gasteiger partial charge in [0.1, 0.15) is 13.2 Å². The third kappa shape index (κ3) is 6.53. The minimum Gasteiger partial charge on any atom is -0.473 e. The van der Waals surface area contributed by atoms with Crippen molar-refractivity contribution in [1.82, 2.24) is 14.8 Å². The number of piperazine rings is 1. The van der Waals surface area contributed by atoms with E-state index < -0.39 is 0 Å². The average Bonchev–Trinajstić information content (AvgIpc) is 3.34. The van der Waals surface area contributed by atoms with E-state index in [9.17, 15) is 4.79 Å². The van der Waals surface area contributed by atoms with Crippen molar-refractivity contribution in [1.29, 1.82) is 0 Å². The van der Waals surface area contributed by atoms with Crippen molar-refractivity contribution in [2.75, 3.05) is 39.4 Å². The van der Waals surface area contributed by atoms with Crippen LogP contribution in [0.15, 0.2) is 102 Å². The van der Waals surface area contributed by atoms with Gasteiger partial charge in [0, 0.05) is 55.4 Å². The number of amides is 1. The third-order valence-corrected chi connectivity index (χ3v) is 8.16. The predicted molar refractivity (Wildman–Crippen MR) is 165 cm³/mol. The molecule has 2 aliphatic rings. The molecule has 0 spiro atoms. The Hall–Kier alpha value is -3.94. The fourth-order valence-electron chi connectivity index (χ4n) is 5.53. The van der Waals surface area contributed by atoms with Gasteiger partial charge >= 0.3 is 6.09 Å². The maximum atomic E-state index is 12.9. The molecule has 6 nitrogen and oxygen atoms in total. The number of ether oxygens (including phenoxy) is 2. The number of hydrogen-bond donors (Lipinski definition) is 0. The van der Waals surface area contributed by atoms with Crippen LogP contribution in [0.25, 0.3) is 17.2 Å². The summed E-state index contributed by atoms with van der Waals surface area (Å²) in [6.07, 6.45) is 5.54. The van der Waals surface area contributed by atoms with Gasteiger partial charge in [0.25, 0.3) is 0 Å². The molecule has 1 aliphatic carbocycles. The van der Waals surface area contributed by atoms with Gasteiger partial charge in [-0.3, -0.25) is 4.90 Å². The number of halogens is 1. The molecule has 0 radical (unpaired) electrons. The molecule has 0 bridgehead atoms. The molecule has 41 heavy (non-hydrogen) atoms. The summed E-state index contributed by atoms with van der Waals surface area (Å²) in [4.78, 5) is 21.4. The maximum Gasteiger partial charge on any atom is 0.409 e. The zero-order chi connectivity index (χ0) is 28.0. The van der Waals surface area contributed by atoms with E-state index in [0.717, 1.165) is 29.7 Å². The van der Waals surface area contributed by atoms with Gasteiger partial charge in [-0.05, 0) is 61.5 Å².